The summed E-state index contributed by atoms with van der Waals surface area (Å²) in [5.41, 5.74) is 1.01. The monoisotopic (exact) mass is 480 g/mol. The molecule has 3 aromatic rings. The largest absolute Gasteiger partial charge is 0.497 e. The second-order valence-corrected chi connectivity index (χ2v) is 7.37. The second kappa shape index (κ2) is 11.8. The third-order valence-corrected chi connectivity index (χ3v) is 5.10. The minimum absolute atomic E-state index is 0.0250. The topological polar surface area (TPSA) is 34.6 Å². The first kappa shape index (κ1) is 26.3. The highest BCUT2D eigenvalue weighted by atomic mass is 35.5. The third-order valence-electron chi connectivity index (χ3n) is 4.83. The molecule has 0 aliphatic heterocycles. The molecule has 2 aromatic carbocycles. The maximum absolute atomic E-state index is 13.3. The zero-order valence-electron chi connectivity index (χ0n) is 19.3. The van der Waals surface area contributed by atoms with Crippen LogP contribution in [-0.4, -0.2) is 19.2 Å². The van der Waals surface area contributed by atoms with E-state index in [-0.39, 0.29) is 5.56 Å². The van der Waals surface area contributed by atoms with Gasteiger partial charge in [0.15, 0.2) is 0 Å². The Morgan fingerprint density at radius 2 is 1.27 bits per heavy atom. The Kier molecular flexibility index (Phi) is 9.41. The van der Waals surface area contributed by atoms with Crippen LogP contribution in [0, 0.1) is 6.92 Å². The molecule has 0 atom stereocenters. The van der Waals surface area contributed by atoms with Crippen LogP contribution in [0.15, 0.2) is 54.6 Å². The third kappa shape index (κ3) is 7.02. The Balaban J connectivity index is 0.00000187. The van der Waals surface area contributed by atoms with Crippen LogP contribution in [0.25, 0.3) is 0 Å². The highest BCUT2D eigenvalue weighted by Gasteiger charge is 2.36. The molecular formula is C25H28ClF3N2O2. The molecule has 4 nitrogen and oxygen atoms in total. The molecular weight excluding hydrogens is 453 g/mol. The number of rotatable bonds is 7. The number of nitrogens with zero attached hydrogens (tertiary/aromatic N) is 2. The number of benzene rings is 2. The van der Waals surface area contributed by atoms with Crippen molar-refractivity contribution < 1.29 is 22.6 Å². The molecule has 0 spiro atoms. The van der Waals surface area contributed by atoms with Crippen LogP contribution in [0.1, 0.15) is 36.1 Å². The molecule has 0 unspecified atom stereocenters. The van der Waals surface area contributed by atoms with Gasteiger partial charge in [0.05, 0.1) is 19.8 Å². The second-order valence-electron chi connectivity index (χ2n) is 7.01. The molecule has 0 aliphatic carbocycles. The Morgan fingerprint density at radius 3 is 1.61 bits per heavy atom. The molecule has 178 valence electrons. The summed E-state index contributed by atoms with van der Waals surface area (Å²) in [6.07, 6.45) is -4.57. The molecule has 8 heteroatoms. The van der Waals surface area contributed by atoms with Crippen LogP contribution in [0.5, 0.6) is 11.5 Å². The number of hydrogen-bond donors (Lipinski definition) is 0. The number of halogens is 4. The van der Waals surface area contributed by atoms with Gasteiger partial charge in [0.1, 0.15) is 22.5 Å². The van der Waals surface area contributed by atoms with Gasteiger partial charge in [0.2, 0.25) is 0 Å². The molecule has 0 saturated carbocycles. The van der Waals surface area contributed by atoms with Crippen molar-refractivity contribution in [2.45, 2.75) is 40.0 Å². The normalized spacial score (nSPS) is 10.8. The van der Waals surface area contributed by atoms with Gasteiger partial charge in [-0.2, -0.15) is 13.2 Å². The molecule has 0 aliphatic rings. The molecule has 0 amide bonds. The predicted molar refractivity (Wildman–Crippen MR) is 126 cm³/mol. The van der Waals surface area contributed by atoms with Crippen molar-refractivity contribution in [2.75, 3.05) is 19.1 Å². The first-order valence-corrected chi connectivity index (χ1v) is 10.8. The minimum atomic E-state index is -4.57. The molecule has 33 heavy (non-hydrogen) atoms. The van der Waals surface area contributed by atoms with Gasteiger partial charge in [0, 0.05) is 13.1 Å². The number of pyridine rings is 1. The molecule has 0 radical (unpaired) electrons. The van der Waals surface area contributed by atoms with Gasteiger partial charge >= 0.3 is 6.18 Å². The molecule has 0 fully saturated rings. The number of hydrogen-bond acceptors (Lipinski definition) is 4. The Bertz CT molecular complexity index is 951. The average Bonchev–Trinajstić information content (AvgIpc) is 2.79. The number of methoxy groups -OCH3 is 2. The number of aromatic nitrogens is 1. The Labute approximate surface area is 197 Å². The molecule has 3 rings (SSSR count). The highest BCUT2D eigenvalue weighted by Crippen LogP contribution is 2.38. The fraction of sp³-hybridized carbons (Fsp3) is 0.320. The van der Waals surface area contributed by atoms with E-state index in [4.69, 9.17) is 21.1 Å². The molecule has 0 saturated heterocycles. The minimum Gasteiger partial charge on any atom is -0.497 e. The highest BCUT2D eigenvalue weighted by molar-refractivity contribution is 6.30. The first-order valence-electron chi connectivity index (χ1n) is 10.5. The van der Waals surface area contributed by atoms with E-state index in [1.54, 1.807) is 14.2 Å². The fourth-order valence-corrected chi connectivity index (χ4v) is 3.58. The van der Waals surface area contributed by atoms with E-state index < -0.39 is 16.9 Å². The van der Waals surface area contributed by atoms with Crippen LogP contribution in [0.2, 0.25) is 5.15 Å². The van der Waals surface area contributed by atoms with Crippen molar-refractivity contribution in [2.24, 2.45) is 0 Å². The lowest BCUT2D eigenvalue weighted by Crippen LogP contribution is -2.24. The van der Waals surface area contributed by atoms with E-state index in [0.717, 1.165) is 22.6 Å². The number of anilines is 1. The van der Waals surface area contributed by atoms with Crippen LogP contribution < -0.4 is 14.4 Å². The van der Waals surface area contributed by atoms with Crippen molar-refractivity contribution >= 4 is 17.4 Å². The van der Waals surface area contributed by atoms with Crippen LogP contribution >= 0.6 is 11.6 Å². The molecule has 0 bridgehead atoms. The van der Waals surface area contributed by atoms with Gasteiger partial charge in [-0.3, -0.25) is 0 Å². The smallest absolute Gasteiger partial charge is 0.419 e. The van der Waals surface area contributed by atoms with Crippen LogP contribution in [0.4, 0.5) is 19.0 Å². The van der Waals surface area contributed by atoms with E-state index in [0.29, 0.717) is 18.9 Å². The maximum Gasteiger partial charge on any atom is 0.419 e. The lowest BCUT2D eigenvalue weighted by atomic mass is 10.1. The quantitative estimate of drug-likeness (QED) is 0.332. The molecule has 1 aromatic heterocycles. The Morgan fingerprint density at radius 1 is 0.848 bits per heavy atom. The summed E-state index contributed by atoms with van der Waals surface area (Å²) in [6, 6.07) is 16.4. The lowest BCUT2D eigenvalue weighted by Gasteiger charge is -2.26. The zero-order chi connectivity index (χ0) is 24.6. The van der Waals surface area contributed by atoms with E-state index in [2.05, 4.69) is 4.98 Å². The van der Waals surface area contributed by atoms with Crippen LogP contribution in [-0.2, 0) is 19.3 Å². The van der Waals surface area contributed by atoms with E-state index >= 15 is 0 Å². The van der Waals surface area contributed by atoms with Crippen molar-refractivity contribution in [1.29, 1.82) is 0 Å². The fourth-order valence-electron chi connectivity index (χ4n) is 3.24. The standard InChI is InChI=1S/C23H22ClF3N2O2.C2H6/c1-15-12-20(28-22(24)21(15)23(25,26)27)29(13-16-4-8-18(30-2)9-5-16)14-17-6-10-19(31-3)11-7-17;1-2/h4-12H,13-14H2,1-3H3;1-2H3. The van der Waals surface area contributed by atoms with Crippen LogP contribution in [0.3, 0.4) is 0 Å². The van der Waals surface area contributed by atoms with Gasteiger partial charge in [-0.1, -0.05) is 49.7 Å². The summed E-state index contributed by atoms with van der Waals surface area (Å²) >= 11 is 5.96. The van der Waals surface area contributed by atoms with E-state index in [9.17, 15) is 13.2 Å². The van der Waals surface area contributed by atoms with Crippen molar-refractivity contribution in [3.63, 3.8) is 0 Å². The van der Waals surface area contributed by atoms with Gasteiger partial charge in [-0.05, 0) is 53.9 Å². The SMILES string of the molecule is CC.COc1ccc(CN(Cc2ccc(OC)cc2)c2cc(C)c(C(F)(F)F)c(Cl)n2)cc1. The average molecular weight is 481 g/mol. The van der Waals surface area contributed by atoms with E-state index in [1.165, 1.54) is 13.0 Å². The summed E-state index contributed by atoms with van der Waals surface area (Å²) in [5, 5.41) is -0.558. The lowest BCUT2D eigenvalue weighted by molar-refractivity contribution is -0.138. The summed E-state index contributed by atoms with van der Waals surface area (Å²) in [6.45, 7) is 6.23. The van der Waals surface area contributed by atoms with Gasteiger partial charge in [-0.15, -0.1) is 0 Å². The summed E-state index contributed by atoms with van der Waals surface area (Å²) in [5.74, 6) is 1.80. The summed E-state index contributed by atoms with van der Waals surface area (Å²) < 4.78 is 50.3. The first-order chi connectivity index (χ1) is 15.7. The summed E-state index contributed by atoms with van der Waals surface area (Å²) in [7, 11) is 3.17. The van der Waals surface area contributed by atoms with Crippen molar-refractivity contribution in [3.05, 3.63) is 82.0 Å². The Hall–Kier alpha value is -2.93. The van der Waals surface area contributed by atoms with Crippen molar-refractivity contribution in [3.8, 4) is 11.5 Å². The molecule has 1 heterocycles. The van der Waals surface area contributed by atoms with Gasteiger partial charge < -0.3 is 14.4 Å². The number of aryl methyl sites for hydroxylation is 1. The van der Waals surface area contributed by atoms with Gasteiger partial charge in [0.25, 0.3) is 0 Å². The number of alkyl halides is 3. The van der Waals surface area contributed by atoms with Gasteiger partial charge in [-0.25, -0.2) is 4.98 Å². The number of ether oxygens (including phenoxy) is 2. The predicted octanol–water partition coefficient (Wildman–Crippen LogP) is 7.31. The maximum atomic E-state index is 13.3. The molecule has 0 N–H and O–H groups in total. The summed E-state index contributed by atoms with van der Waals surface area (Å²) in [4.78, 5) is 5.96. The van der Waals surface area contributed by atoms with Crippen molar-refractivity contribution in [1.82, 2.24) is 4.98 Å². The van der Waals surface area contributed by atoms with E-state index in [1.807, 2.05) is 67.3 Å². The zero-order valence-corrected chi connectivity index (χ0v) is 20.1.